The first kappa shape index (κ1) is 9.30. The van der Waals surface area contributed by atoms with Gasteiger partial charge in [-0.3, -0.25) is 5.32 Å². The second kappa shape index (κ2) is 3.86. The molecule has 1 aliphatic carbocycles. The van der Waals surface area contributed by atoms with E-state index in [0.29, 0.717) is 18.5 Å². The first-order chi connectivity index (χ1) is 6.83. The maximum absolute atomic E-state index is 5.26. The predicted molar refractivity (Wildman–Crippen MR) is 58.9 cm³/mol. The van der Waals surface area contributed by atoms with Gasteiger partial charge in [0.25, 0.3) is 0 Å². The van der Waals surface area contributed by atoms with Crippen molar-refractivity contribution >= 4 is 0 Å². The van der Waals surface area contributed by atoms with E-state index < -0.39 is 0 Å². The standard InChI is InChI=1S/C13H15N/c1-3-8-14-13-10(2)9-11-6-4-5-7-12(11)13/h1,4-7,10,13-14H,8-9H2,2H3. The van der Waals surface area contributed by atoms with Gasteiger partial charge in [-0.15, -0.1) is 6.42 Å². The van der Waals surface area contributed by atoms with Gasteiger partial charge < -0.3 is 0 Å². The van der Waals surface area contributed by atoms with Crippen molar-refractivity contribution in [3.05, 3.63) is 35.4 Å². The smallest absolute Gasteiger partial charge is 0.0578 e. The highest BCUT2D eigenvalue weighted by atomic mass is 14.9. The Morgan fingerprint density at radius 1 is 1.50 bits per heavy atom. The summed E-state index contributed by atoms with van der Waals surface area (Å²) < 4.78 is 0. The van der Waals surface area contributed by atoms with E-state index in [-0.39, 0.29) is 0 Å². The third-order valence-corrected chi connectivity index (χ3v) is 2.93. The van der Waals surface area contributed by atoms with Crippen LogP contribution in [-0.2, 0) is 6.42 Å². The summed E-state index contributed by atoms with van der Waals surface area (Å²) in [5, 5.41) is 3.40. The molecule has 2 unspecified atom stereocenters. The molecule has 1 aromatic rings. The van der Waals surface area contributed by atoms with Crippen LogP contribution in [0.2, 0.25) is 0 Å². The first-order valence-corrected chi connectivity index (χ1v) is 5.07. The van der Waals surface area contributed by atoms with Crippen molar-refractivity contribution in [2.45, 2.75) is 19.4 Å². The van der Waals surface area contributed by atoms with E-state index in [1.54, 1.807) is 0 Å². The first-order valence-electron chi connectivity index (χ1n) is 5.07. The predicted octanol–water partition coefficient (Wildman–Crippen LogP) is 2.14. The third-order valence-electron chi connectivity index (χ3n) is 2.93. The van der Waals surface area contributed by atoms with Crippen molar-refractivity contribution < 1.29 is 0 Å². The molecule has 0 saturated heterocycles. The second-order valence-corrected chi connectivity index (χ2v) is 3.94. The monoisotopic (exact) mass is 185 g/mol. The van der Waals surface area contributed by atoms with Crippen LogP contribution in [0.4, 0.5) is 0 Å². The van der Waals surface area contributed by atoms with Crippen LogP contribution >= 0.6 is 0 Å². The van der Waals surface area contributed by atoms with Crippen molar-refractivity contribution in [2.24, 2.45) is 5.92 Å². The molecule has 2 atom stereocenters. The van der Waals surface area contributed by atoms with Crippen LogP contribution < -0.4 is 5.32 Å². The van der Waals surface area contributed by atoms with E-state index in [9.17, 15) is 0 Å². The van der Waals surface area contributed by atoms with Gasteiger partial charge in [-0.25, -0.2) is 0 Å². The highest BCUT2D eigenvalue weighted by Gasteiger charge is 2.27. The van der Waals surface area contributed by atoms with E-state index in [4.69, 9.17) is 6.42 Å². The van der Waals surface area contributed by atoms with Crippen LogP contribution in [-0.4, -0.2) is 6.54 Å². The Balaban J connectivity index is 2.22. The maximum Gasteiger partial charge on any atom is 0.0578 e. The van der Waals surface area contributed by atoms with Gasteiger partial charge in [-0.1, -0.05) is 37.1 Å². The van der Waals surface area contributed by atoms with Gasteiger partial charge in [0.15, 0.2) is 0 Å². The zero-order valence-corrected chi connectivity index (χ0v) is 8.46. The molecule has 0 fully saturated rings. The Hall–Kier alpha value is -1.26. The summed E-state index contributed by atoms with van der Waals surface area (Å²) in [6.45, 7) is 2.93. The number of hydrogen-bond donors (Lipinski definition) is 1. The second-order valence-electron chi connectivity index (χ2n) is 3.94. The minimum Gasteiger partial charge on any atom is -0.299 e. The molecule has 1 nitrogen and oxygen atoms in total. The lowest BCUT2D eigenvalue weighted by molar-refractivity contribution is 0.435. The Morgan fingerprint density at radius 3 is 3.07 bits per heavy atom. The molecule has 1 aromatic carbocycles. The SMILES string of the molecule is C#CCNC1c2ccccc2CC1C. The van der Waals surface area contributed by atoms with Crippen LogP contribution in [0.1, 0.15) is 24.1 Å². The summed E-state index contributed by atoms with van der Waals surface area (Å²) in [6, 6.07) is 9.06. The molecule has 0 aromatic heterocycles. The summed E-state index contributed by atoms with van der Waals surface area (Å²) in [4.78, 5) is 0. The number of terminal acetylenes is 1. The Labute approximate surface area is 85.5 Å². The van der Waals surface area contributed by atoms with E-state index in [1.807, 2.05) is 0 Å². The number of fused-ring (bicyclic) bond motifs is 1. The molecule has 1 aliphatic rings. The van der Waals surface area contributed by atoms with Crippen LogP contribution in [0.25, 0.3) is 0 Å². The minimum atomic E-state index is 0.447. The molecule has 0 bridgehead atoms. The van der Waals surface area contributed by atoms with Crippen LogP contribution in [0.3, 0.4) is 0 Å². The molecule has 1 heteroatoms. The van der Waals surface area contributed by atoms with Crippen LogP contribution in [0, 0.1) is 18.3 Å². The lowest BCUT2D eigenvalue weighted by atomic mass is 10.0. The average molecular weight is 185 g/mol. The van der Waals surface area contributed by atoms with Crippen molar-refractivity contribution in [3.8, 4) is 12.3 Å². The number of hydrogen-bond acceptors (Lipinski definition) is 1. The molecular weight excluding hydrogens is 170 g/mol. The lowest BCUT2D eigenvalue weighted by Gasteiger charge is -2.16. The highest BCUT2D eigenvalue weighted by molar-refractivity contribution is 5.35. The minimum absolute atomic E-state index is 0.447. The van der Waals surface area contributed by atoms with Gasteiger partial charge in [0.05, 0.1) is 6.54 Å². The fourth-order valence-electron chi connectivity index (χ4n) is 2.27. The van der Waals surface area contributed by atoms with E-state index in [1.165, 1.54) is 17.5 Å². The fraction of sp³-hybridized carbons (Fsp3) is 0.385. The zero-order valence-electron chi connectivity index (χ0n) is 8.46. The lowest BCUT2D eigenvalue weighted by Crippen LogP contribution is -2.24. The van der Waals surface area contributed by atoms with E-state index >= 15 is 0 Å². The quantitative estimate of drug-likeness (QED) is 0.696. The number of nitrogens with one attached hydrogen (secondary N) is 1. The van der Waals surface area contributed by atoms with Crippen LogP contribution in [0.15, 0.2) is 24.3 Å². The Bertz CT molecular complexity index is 362. The molecule has 0 radical (unpaired) electrons. The molecule has 14 heavy (non-hydrogen) atoms. The average Bonchev–Trinajstić information content (AvgIpc) is 2.51. The molecule has 1 N–H and O–H groups in total. The van der Waals surface area contributed by atoms with Crippen LogP contribution in [0.5, 0.6) is 0 Å². The maximum atomic E-state index is 5.26. The molecule has 0 aliphatic heterocycles. The van der Waals surface area contributed by atoms with Crippen molar-refractivity contribution in [1.82, 2.24) is 5.32 Å². The molecule has 2 rings (SSSR count). The van der Waals surface area contributed by atoms with Crippen molar-refractivity contribution in [2.75, 3.05) is 6.54 Å². The van der Waals surface area contributed by atoms with Crippen molar-refractivity contribution in [3.63, 3.8) is 0 Å². The van der Waals surface area contributed by atoms with Gasteiger partial charge in [-0.05, 0) is 23.5 Å². The summed E-state index contributed by atoms with van der Waals surface area (Å²) in [6.07, 6.45) is 6.42. The summed E-state index contributed by atoms with van der Waals surface area (Å²) in [7, 11) is 0. The van der Waals surface area contributed by atoms with Gasteiger partial charge in [0.1, 0.15) is 0 Å². The van der Waals surface area contributed by atoms with Gasteiger partial charge in [0.2, 0.25) is 0 Å². The largest absolute Gasteiger partial charge is 0.299 e. The molecule has 72 valence electrons. The Kier molecular flexibility index (Phi) is 2.56. The normalized spacial score (nSPS) is 24.3. The van der Waals surface area contributed by atoms with E-state index in [2.05, 4.69) is 42.4 Å². The Morgan fingerprint density at radius 2 is 2.29 bits per heavy atom. The number of rotatable bonds is 2. The third kappa shape index (κ3) is 1.54. The molecular formula is C13H15N. The summed E-state index contributed by atoms with van der Waals surface area (Å²) >= 11 is 0. The summed E-state index contributed by atoms with van der Waals surface area (Å²) in [5.41, 5.74) is 2.89. The zero-order chi connectivity index (χ0) is 9.97. The highest BCUT2D eigenvalue weighted by Crippen LogP contribution is 2.35. The fourth-order valence-corrected chi connectivity index (χ4v) is 2.27. The molecule has 0 heterocycles. The van der Waals surface area contributed by atoms with E-state index in [0.717, 1.165) is 0 Å². The van der Waals surface area contributed by atoms with Gasteiger partial charge in [-0.2, -0.15) is 0 Å². The van der Waals surface area contributed by atoms with Gasteiger partial charge in [0, 0.05) is 6.04 Å². The number of benzene rings is 1. The van der Waals surface area contributed by atoms with Gasteiger partial charge >= 0.3 is 0 Å². The van der Waals surface area contributed by atoms with Crippen molar-refractivity contribution in [1.29, 1.82) is 0 Å². The molecule has 0 saturated carbocycles. The molecule has 0 amide bonds. The summed E-state index contributed by atoms with van der Waals surface area (Å²) in [5.74, 6) is 3.29. The molecule has 0 spiro atoms. The topological polar surface area (TPSA) is 12.0 Å².